The van der Waals surface area contributed by atoms with Gasteiger partial charge in [0.25, 0.3) is 5.56 Å². The number of allylic oxidation sites excluding steroid dienone is 2. The van der Waals surface area contributed by atoms with Crippen LogP contribution in [-0.2, 0) is 4.79 Å². The second-order valence-corrected chi connectivity index (χ2v) is 9.47. The van der Waals surface area contributed by atoms with E-state index in [1.807, 2.05) is 54.6 Å². The van der Waals surface area contributed by atoms with Crippen LogP contribution in [0.2, 0.25) is 0 Å². The first-order valence-electron chi connectivity index (χ1n) is 10.0. The number of hydrogen-bond acceptors (Lipinski definition) is 5. The molecular weight excluding hydrogens is 476 g/mol. The zero-order valence-electron chi connectivity index (χ0n) is 16.8. The van der Waals surface area contributed by atoms with Crippen LogP contribution in [0.5, 0.6) is 5.75 Å². The standard InChI is InChI=1S/C24H19BrN2O3S/c1-30-17-10-8-15(9-11-17)22-21-18(6-3-7-19(21)28)26-24-27(22)23(29)20(31-24)13-14-4-2-5-16(25)12-14/h2,4-5,8-13,22H,3,6-7H2,1H3. The molecule has 0 radical (unpaired) electrons. The maximum absolute atomic E-state index is 13.5. The van der Waals surface area contributed by atoms with Gasteiger partial charge in [0.15, 0.2) is 10.6 Å². The van der Waals surface area contributed by atoms with Crippen molar-refractivity contribution >= 4 is 39.1 Å². The van der Waals surface area contributed by atoms with Gasteiger partial charge in [0, 0.05) is 16.5 Å². The van der Waals surface area contributed by atoms with Crippen molar-refractivity contribution in [2.24, 2.45) is 4.99 Å². The number of aromatic nitrogens is 1. The summed E-state index contributed by atoms with van der Waals surface area (Å²) in [7, 11) is 1.62. The van der Waals surface area contributed by atoms with E-state index >= 15 is 0 Å². The monoisotopic (exact) mass is 494 g/mol. The molecule has 1 aliphatic carbocycles. The van der Waals surface area contributed by atoms with E-state index in [4.69, 9.17) is 9.73 Å². The maximum atomic E-state index is 13.5. The predicted octanol–water partition coefficient (Wildman–Crippen LogP) is 3.74. The maximum Gasteiger partial charge on any atom is 0.271 e. The van der Waals surface area contributed by atoms with Crippen molar-refractivity contribution in [3.8, 4) is 5.75 Å². The summed E-state index contributed by atoms with van der Waals surface area (Å²) in [5, 5.41) is 0. The van der Waals surface area contributed by atoms with E-state index in [9.17, 15) is 9.59 Å². The van der Waals surface area contributed by atoms with Crippen LogP contribution < -0.4 is 19.6 Å². The molecule has 31 heavy (non-hydrogen) atoms. The molecule has 3 aromatic rings. The van der Waals surface area contributed by atoms with Crippen molar-refractivity contribution < 1.29 is 9.53 Å². The van der Waals surface area contributed by atoms with E-state index in [2.05, 4.69) is 15.9 Å². The highest BCUT2D eigenvalue weighted by Gasteiger charge is 2.34. The van der Waals surface area contributed by atoms with Gasteiger partial charge in [-0.15, -0.1) is 0 Å². The summed E-state index contributed by atoms with van der Waals surface area (Å²) < 4.78 is 8.51. The first kappa shape index (κ1) is 20.2. The molecule has 5 nitrogen and oxygen atoms in total. The molecule has 0 saturated heterocycles. The molecule has 1 aliphatic heterocycles. The summed E-state index contributed by atoms with van der Waals surface area (Å²) in [5.74, 6) is 0.807. The number of methoxy groups -OCH3 is 1. The zero-order valence-corrected chi connectivity index (χ0v) is 19.2. The molecule has 156 valence electrons. The van der Waals surface area contributed by atoms with Gasteiger partial charge >= 0.3 is 0 Å². The van der Waals surface area contributed by atoms with Crippen molar-refractivity contribution in [1.82, 2.24) is 4.57 Å². The van der Waals surface area contributed by atoms with Crippen molar-refractivity contribution in [3.05, 3.63) is 95.1 Å². The summed E-state index contributed by atoms with van der Waals surface area (Å²) in [5.41, 5.74) is 3.15. The van der Waals surface area contributed by atoms with Gasteiger partial charge in [-0.25, -0.2) is 4.99 Å². The van der Waals surface area contributed by atoms with Crippen molar-refractivity contribution in [2.45, 2.75) is 25.3 Å². The Bertz CT molecular complexity index is 1400. The van der Waals surface area contributed by atoms with Gasteiger partial charge in [0.05, 0.1) is 23.4 Å². The summed E-state index contributed by atoms with van der Waals surface area (Å²) >= 11 is 4.85. The molecule has 0 amide bonds. The lowest BCUT2D eigenvalue weighted by Crippen LogP contribution is -2.40. The highest BCUT2D eigenvalue weighted by atomic mass is 79.9. The van der Waals surface area contributed by atoms with Crippen LogP contribution in [0.15, 0.2) is 74.1 Å². The first-order chi connectivity index (χ1) is 15.0. The van der Waals surface area contributed by atoms with Gasteiger partial charge in [0.1, 0.15) is 5.75 Å². The third-order valence-corrected chi connectivity index (χ3v) is 7.08. The number of carbonyl (C=O) groups is 1. The lowest BCUT2D eigenvalue weighted by molar-refractivity contribution is -0.116. The number of halogens is 1. The van der Waals surface area contributed by atoms with Crippen LogP contribution in [0.1, 0.15) is 36.4 Å². The topological polar surface area (TPSA) is 60.7 Å². The molecule has 0 fully saturated rings. The van der Waals surface area contributed by atoms with E-state index in [-0.39, 0.29) is 11.3 Å². The molecule has 7 heteroatoms. The fourth-order valence-corrected chi connectivity index (χ4v) is 5.60. The smallest absolute Gasteiger partial charge is 0.271 e. The quantitative estimate of drug-likeness (QED) is 0.557. The highest BCUT2D eigenvalue weighted by Crippen LogP contribution is 2.36. The molecule has 1 aromatic heterocycles. The van der Waals surface area contributed by atoms with Crippen LogP contribution in [-0.4, -0.2) is 17.5 Å². The lowest BCUT2D eigenvalue weighted by Gasteiger charge is -2.28. The average molecular weight is 495 g/mol. The third-order valence-electron chi connectivity index (χ3n) is 5.61. The Labute approximate surface area is 191 Å². The average Bonchev–Trinajstić information content (AvgIpc) is 3.07. The van der Waals surface area contributed by atoms with E-state index in [0.29, 0.717) is 21.3 Å². The molecule has 2 aliphatic rings. The summed E-state index contributed by atoms with van der Waals surface area (Å²) in [6.07, 6.45) is 3.92. The van der Waals surface area contributed by atoms with Gasteiger partial charge in [0.2, 0.25) is 0 Å². The van der Waals surface area contributed by atoms with E-state index < -0.39 is 6.04 Å². The largest absolute Gasteiger partial charge is 0.497 e. The number of rotatable bonds is 3. The van der Waals surface area contributed by atoms with Gasteiger partial charge in [-0.3, -0.25) is 14.2 Å². The van der Waals surface area contributed by atoms with E-state index in [1.54, 1.807) is 11.7 Å². The van der Waals surface area contributed by atoms with Crippen molar-refractivity contribution in [1.29, 1.82) is 0 Å². The first-order valence-corrected chi connectivity index (χ1v) is 11.6. The molecule has 1 atom stereocenters. The van der Waals surface area contributed by atoms with Crippen LogP contribution in [0.3, 0.4) is 0 Å². The highest BCUT2D eigenvalue weighted by molar-refractivity contribution is 9.10. The second kappa shape index (κ2) is 8.05. The van der Waals surface area contributed by atoms with Gasteiger partial charge < -0.3 is 4.74 Å². The zero-order chi connectivity index (χ0) is 21.5. The number of fused-ring (bicyclic) bond motifs is 1. The number of ketones is 1. The molecule has 2 heterocycles. The molecule has 5 rings (SSSR count). The fourth-order valence-electron chi connectivity index (χ4n) is 4.16. The van der Waals surface area contributed by atoms with Gasteiger partial charge in [-0.1, -0.05) is 51.5 Å². The number of ether oxygens (including phenoxy) is 1. The Morgan fingerprint density at radius 2 is 1.97 bits per heavy atom. The number of benzene rings is 2. The SMILES string of the molecule is COc1ccc(C2C3=C(CCCC3=O)N=c3sc(=Cc4cccc(Br)c4)c(=O)n32)cc1. The Morgan fingerprint density at radius 3 is 2.71 bits per heavy atom. The van der Waals surface area contributed by atoms with Crippen molar-refractivity contribution in [2.75, 3.05) is 7.11 Å². The number of hydrogen-bond donors (Lipinski definition) is 0. The van der Waals surface area contributed by atoms with E-state index in [1.165, 1.54) is 11.3 Å². The Kier molecular flexibility index (Phi) is 5.24. The Hall–Kier alpha value is -2.77. The Balaban J connectivity index is 1.74. The fraction of sp³-hybridized carbons (Fsp3) is 0.208. The summed E-state index contributed by atoms with van der Waals surface area (Å²) in [4.78, 5) is 31.8. The molecule has 0 spiro atoms. The minimum atomic E-state index is -0.463. The molecule has 0 saturated carbocycles. The summed E-state index contributed by atoms with van der Waals surface area (Å²) in [6, 6.07) is 14.9. The van der Waals surface area contributed by atoms with Crippen LogP contribution in [0.25, 0.3) is 6.08 Å². The third kappa shape index (κ3) is 3.62. The molecule has 1 unspecified atom stereocenters. The predicted molar refractivity (Wildman–Crippen MR) is 124 cm³/mol. The van der Waals surface area contributed by atoms with Gasteiger partial charge in [-0.2, -0.15) is 0 Å². The normalized spacial score (nSPS) is 18.5. The molecule has 2 aromatic carbocycles. The molecular formula is C24H19BrN2O3S. The minimum absolute atomic E-state index is 0.0760. The number of thiazole rings is 1. The Morgan fingerprint density at radius 1 is 1.16 bits per heavy atom. The number of carbonyl (C=O) groups excluding carboxylic acids is 1. The van der Waals surface area contributed by atoms with Crippen LogP contribution in [0, 0.1) is 0 Å². The van der Waals surface area contributed by atoms with Crippen molar-refractivity contribution in [3.63, 3.8) is 0 Å². The van der Waals surface area contributed by atoms with Gasteiger partial charge in [-0.05, 0) is 54.3 Å². The molecule has 0 N–H and O–H groups in total. The van der Waals surface area contributed by atoms with Crippen LogP contribution in [0.4, 0.5) is 0 Å². The van der Waals surface area contributed by atoms with Crippen LogP contribution >= 0.6 is 27.3 Å². The second-order valence-electron chi connectivity index (χ2n) is 7.55. The number of nitrogens with zero attached hydrogens (tertiary/aromatic N) is 2. The lowest BCUT2D eigenvalue weighted by atomic mass is 9.86. The summed E-state index contributed by atoms with van der Waals surface area (Å²) in [6.45, 7) is 0. The molecule has 0 bridgehead atoms. The minimum Gasteiger partial charge on any atom is -0.497 e. The number of Topliss-reactive ketones (excluding diaryl/α,β-unsaturated/α-hetero) is 1. The van der Waals surface area contributed by atoms with E-state index in [0.717, 1.165) is 39.9 Å².